The molecule has 0 aliphatic carbocycles. The van der Waals surface area contributed by atoms with Gasteiger partial charge in [0.2, 0.25) is 5.91 Å². The summed E-state index contributed by atoms with van der Waals surface area (Å²) in [6.07, 6.45) is 2.12. The van der Waals surface area contributed by atoms with Crippen LogP contribution in [0.25, 0.3) is 10.3 Å². The Morgan fingerprint density at radius 1 is 1.21 bits per heavy atom. The zero-order valence-electron chi connectivity index (χ0n) is 15.9. The van der Waals surface area contributed by atoms with Gasteiger partial charge >= 0.3 is 5.69 Å². The van der Waals surface area contributed by atoms with Gasteiger partial charge in [-0.05, 0) is 30.5 Å². The van der Waals surface area contributed by atoms with E-state index in [4.69, 9.17) is 0 Å². The molecule has 0 radical (unpaired) electrons. The number of anilines is 1. The Morgan fingerprint density at radius 3 is 2.59 bits per heavy atom. The lowest BCUT2D eigenvalue weighted by atomic mass is 10.2. The first-order valence-corrected chi connectivity index (χ1v) is 10.1. The van der Waals surface area contributed by atoms with Crippen LogP contribution in [0.5, 0.6) is 0 Å². The number of rotatable bonds is 5. The van der Waals surface area contributed by atoms with Crippen LogP contribution in [-0.4, -0.2) is 33.1 Å². The van der Waals surface area contributed by atoms with Crippen molar-refractivity contribution in [1.82, 2.24) is 19.4 Å². The topological polar surface area (TPSA) is 89.2 Å². The molecule has 0 saturated carbocycles. The van der Waals surface area contributed by atoms with Crippen LogP contribution in [0.1, 0.15) is 18.4 Å². The molecule has 1 fully saturated rings. The highest BCUT2D eigenvalue weighted by molar-refractivity contribution is 7.22. The van der Waals surface area contributed by atoms with Crippen molar-refractivity contribution in [2.24, 2.45) is 7.05 Å². The first kappa shape index (κ1) is 19.3. The molecular weight excluding hydrogens is 397 g/mol. The third-order valence-corrected chi connectivity index (χ3v) is 6.04. The normalized spacial score (nSPS) is 13.9. The summed E-state index contributed by atoms with van der Waals surface area (Å²) in [7, 11) is 1.40. The summed E-state index contributed by atoms with van der Waals surface area (Å²) < 4.78 is 15.6. The number of nitrogens with zero attached hydrogens (tertiary/aromatic N) is 4. The maximum atomic E-state index is 13.0. The van der Waals surface area contributed by atoms with Gasteiger partial charge in [-0.1, -0.05) is 23.5 Å². The van der Waals surface area contributed by atoms with Crippen LogP contribution in [0.2, 0.25) is 0 Å². The fraction of sp³-hybridized carbons (Fsp3) is 0.368. The number of benzene rings is 1. The number of nitrogens with one attached hydrogen (secondary N) is 1. The Labute approximate surface area is 169 Å². The van der Waals surface area contributed by atoms with Gasteiger partial charge in [0.05, 0.1) is 0 Å². The molecule has 1 saturated heterocycles. The summed E-state index contributed by atoms with van der Waals surface area (Å²) in [6.45, 7) is 1.68. The minimum absolute atomic E-state index is 0.207. The molecule has 0 bridgehead atoms. The molecule has 4 rings (SSSR count). The van der Waals surface area contributed by atoms with Crippen LogP contribution in [0.3, 0.4) is 0 Å². The Balaban J connectivity index is 1.61. The lowest BCUT2D eigenvalue weighted by Crippen LogP contribution is -2.41. The molecule has 152 valence electrons. The summed E-state index contributed by atoms with van der Waals surface area (Å²) in [5, 5.41) is 3.41. The average molecular weight is 417 g/mol. The molecule has 1 aliphatic heterocycles. The molecule has 29 heavy (non-hydrogen) atoms. The van der Waals surface area contributed by atoms with Gasteiger partial charge in [0.1, 0.15) is 17.1 Å². The molecule has 1 amide bonds. The van der Waals surface area contributed by atoms with E-state index < -0.39 is 17.2 Å². The van der Waals surface area contributed by atoms with Crippen LogP contribution in [0.15, 0.2) is 33.9 Å². The molecule has 1 aliphatic rings. The molecule has 3 heterocycles. The molecule has 2 aromatic heterocycles. The van der Waals surface area contributed by atoms with Gasteiger partial charge in [-0.25, -0.2) is 14.2 Å². The van der Waals surface area contributed by atoms with Gasteiger partial charge in [0, 0.05) is 26.7 Å². The number of hydrogen-bond donors (Lipinski definition) is 1. The van der Waals surface area contributed by atoms with Crippen LogP contribution in [-0.2, 0) is 24.9 Å². The van der Waals surface area contributed by atoms with Crippen LogP contribution < -0.4 is 21.5 Å². The predicted molar refractivity (Wildman–Crippen MR) is 109 cm³/mol. The molecule has 8 nitrogen and oxygen atoms in total. The largest absolute Gasteiger partial charge is 0.350 e. The Hall–Kier alpha value is -3.01. The molecule has 0 atom stereocenters. The molecule has 0 spiro atoms. The maximum absolute atomic E-state index is 13.0. The molecule has 3 aromatic rings. The van der Waals surface area contributed by atoms with Crippen molar-refractivity contribution in [2.45, 2.75) is 25.9 Å². The average Bonchev–Trinajstić information content (AvgIpc) is 3.39. The second-order valence-electron chi connectivity index (χ2n) is 6.98. The minimum atomic E-state index is -0.585. The highest BCUT2D eigenvalue weighted by Gasteiger charge is 2.22. The van der Waals surface area contributed by atoms with Crippen LogP contribution >= 0.6 is 11.3 Å². The van der Waals surface area contributed by atoms with E-state index in [2.05, 4.69) is 15.2 Å². The highest BCUT2D eigenvalue weighted by atomic mass is 32.1. The van der Waals surface area contributed by atoms with Gasteiger partial charge in [-0.3, -0.25) is 18.7 Å². The Morgan fingerprint density at radius 2 is 1.90 bits per heavy atom. The number of thiazole rings is 1. The fourth-order valence-corrected chi connectivity index (χ4v) is 4.42. The van der Waals surface area contributed by atoms with E-state index in [1.807, 2.05) is 0 Å². The van der Waals surface area contributed by atoms with E-state index in [0.717, 1.165) is 36.1 Å². The highest BCUT2D eigenvalue weighted by Crippen LogP contribution is 2.28. The van der Waals surface area contributed by atoms with Gasteiger partial charge in [-0.15, -0.1) is 0 Å². The quantitative estimate of drug-likeness (QED) is 0.674. The molecular formula is C19H20FN5O3S. The number of aromatic nitrogens is 3. The van der Waals surface area contributed by atoms with Crippen molar-refractivity contribution in [3.05, 3.63) is 56.5 Å². The van der Waals surface area contributed by atoms with Crippen molar-refractivity contribution in [1.29, 1.82) is 0 Å². The number of hydrogen-bond acceptors (Lipinski definition) is 6. The number of amides is 1. The molecule has 1 N–H and O–H groups in total. The van der Waals surface area contributed by atoms with Gasteiger partial charge in [0.15, 0.2) is 10.8 Å². The smallest absolute Gasteiger partial charge is 0.332 e. The third kappa shape index (κ3) is 3.80. The van der Waals surface area contributed by atoms with E-state index in [1.54, 1.807) is 12.1 Å². The maximum Gasteiger partial charge on any atom is 0.332 e. The molecule has 10 heteroatoms. The van der Waals surface area contributed by atoms with Crippen molar-refractivity contribution in [3.63, 3.8) is 0 Å². The summed E-state index contributed by atoms with van der Waals surface area (Å²) in [4.78, 5) is 44.2. The van der Waals surface area contributed by atoms with Crippen molar-refractivity contribution >= 4 is 32.7 Å². The SMILES string of the molecule is Cn1c(=O)c2sc(N3CCCC3)nc2n(CC(=O)NCc2ccc(F)cc2)c1=O. The Bertz CT molecular complexity index is 1180. The zero-order chi connectivity index (χ0) is 20.5. The standard InChI is InChI=1S/C19H20FN5O3S/c1-23-17(27)15-16(22-18(29-15)24-8-2-3-9-24)25(19(23)28)11-14(26)21-10-12-4-6-13(20)7-5-12/h4-7H,2-3,8-11H2,1H3,(H,21,26). The molecule has 0 unspecified atom stereocenters. The predicted octanol–water partition coefficient (Wildman–Crippen LogP) is 1.21. The first-order valence-electron chi connectivity index (χ1n) is 9.30. The van der Waals surface area contributed by atoms with E-state index in [0.29, 0.717) is 9.83 Å². The number of carbonyl (C=O) groups is 1. The van der Waals surface area contributed by atoms with Crippen LogP contribution in [0.4, 0.5) is 9.52 Å². The summed E-state index contributed by atoms with van der Waals surface area (Å²) in [6, 6.07) is 5.79. The van der Waals surface area contributed by atoms with Gasteiger partial charge < -0.3 is 10.2 Å². The molecule has 1 aromatic carbocycles. The summed E-state index contributed by atoms with van der Waals surface area (Å²) in [5.41, 5.74) is -0.0155. The summed E-state index contributed by atoms with van der Waals surface area (Å²) >= 11 is 1.25. The van der Waals surface area contributed by atoms with Crippen molar-refractivity contribution < 1.29 is 9.18 Å². The second-order valence-corrected chi connectivity index (χ2v) is 7.96. The minimum Gasteiger partial charge on any atom is -0.350 e. The van der Waals surface area contributed by atoms with Crippen molar-refractivity contribution in [3.8, 4) is 0 Å². The number of carbonyl (C=O) groups excluding carboxylic acids is 1. The monoisotopic (exact) mass is 417 g/mol. The van der Waals surface area contributed by atoms with E-state index in [9.17, 15) is 18.8 Å². The van der Waals surface area contributed by atoms with Gasteiger partial charge in [0.25, 0.3) is 5.56 Å². The second kappa shape index (κ2) is 7.78. The zero-order valence-corrected chi connectivity index (χ0v) is 16.7. The van der Waals surface area contributed by atoms with Gasteiger partial charge in [-0.2, -0.15) is 0 Å². The number of fused-ring (bicyclic) bond motifs is 1. The fourth-order valence-electron chi connectivity index (χ4n) is 3.32. The van der Waals surface area contributed by atoms with E-state index >= 15 is 0 Å². The van der Waals surface area contributed by atoms with Crippen LogP contribution in [0, 0.1) is 5.82 Å². The first-order chi connectivity index (χ1) is 13.9. The Kier molecular flexibility index (Phi) is 5.18. The lowest BCUT2D eigenvalue weighted by Gasteiger charge is -2.12. The number of halogens is 1. The summed E-state index contributed by atoms with van der Waals surface area (Å²) in [5.74, 6) is -0.747. The van der Waals surface area contributed by atoms with E-state index in [-0.39, 0.29) is 24.6 Å². The lowest BCUT2D eigenvalue weighted by molar-refractivity contribution is -0.121. The third-order valence-electron chi connectivity index (χ3n) is 4.95. The van der Waals surface area contributed by atoms with E-state index in [1.165, 1.54) is 35.1 Å². The van der Waals surface area contributed by atoms with Crippen molar-refractivity contribution in [2.75, 3.05) is 18.0 Å².